The molecule has 0 aromatic carbocycles. The Bertz CT molecular complexity index is 617. The first-order valence-electron chi connectivity index (χ1n) is 7.04. The van der Waals surface area contributed by atoms with E-state index >= 15 is 0 Å². The second-order valence-corrected chi connectivity index (χ2v) is 5.09. The van der Waals surface area contributed by atoms with E-state index in [-0.39, 0.29) is 5.91 Å². The summed E-state index contributed by atoms with van der Waals surface area (Å²) >= 11 is 0. The lowest BCUT2D eigenvalue weighted by molar-refractivity contribution is 0.0718. The average Bonchev–Trinajstić information content (AvgIpc) is 2.93. The minimum absolute atomic E-state index is 0.0500. The van der Waals surface area contributed by atoms with Crippen molar-refractivity contribution in [2.75, 3.05) is 18.4 Å². The lowest BCUT2D eigenvalue weighted by Gasteiger charge is -2.26. The molecule has 1 fully saturated rings. The predicted molar refractivity (Wildman–Crippen MR) is 76.3 cm³/mol. The van der Waals surface area contributed by atoms with Crippen LogP contribution in [0.15, 0.2) is 23.0 Å². The van der Waals surface area contributed by atoms with Crippen molar-refractivity contribution in [3.63, 3.8) is 0 Å². The van der Waals surface area contributed by atoms with Gasteiger partial charge in [-0.25, -0.2) is 9.97 Å². The van der Waals surface area contributed by atoms with Crippen molar-refractivity contribution in [2.45, 2.75) is 26.2 Å². The van der Waals surface area contributed by atoms with E-state index in [0.717, 1.165) is 25.9 Å². The number of carbonyl (C=O) groups is 1. The zero-order chi connectivity index (χ0) is 14.7. The number of piperidine rings is 1. The lowest BCUT2D eigenvalue weighted by Crippen LogP contribution is -2.36. The van der Waals surface area contributed by atoms with Crippen LogP contribution in [0.1, 0.15) is 35.5 Å². The first kappa shape index (κ1) is 13.5. The van der Waals surface area contributed by atoms with Crippen LogP contribution in [0.3, 0.4) is 0 Å². The van der Waals surface area contributed by atoms with Gasteiger partial charge in [0, 0.05) is 19.2 Å². The number of rotatable bonds is 3. The molecule has 110 valence electrons. The molecular weight excluding hydrogens is 270 g/mol. The maximum atomic E-state index is 12.2. The first-order chi connectivity index (χ1) is 10.2. The fourth-order valence-corrected chi connectivity index (χ4v) is 2.32. The molecule has 0 unspecified atom stereocenters. The Kier molecular flexibility index (Phi) is 3.81. The van der Waals surface area contributed by atoms with Gasteiger partial charge in [0.15, 0.2) is 5.82 Å². The van der Waals surface area contributed by atoms with Crippen LogP contribution in [0.2, 0.25) is 0 Å². The van der Waals surface area contributed by atoms with Crippen molar-refractivity contribution >= 4 is 17.5 Å². The van der Waals surface area contributed by atoms with E-state index in [2.05, 4.69) is 20.4 Å². The number of likely N-dealkylation sites (tertiary alicyclic amines) is 1. The Balaban J connectivity index is 1.67. The van der Waals surface area contributed by atoms with Crippen LogP contribution in [-0.4, -0.2) is 39.0 Å². The van der Waals surface area contributed by atoms with Gasteiger partial charge < -0.3 is 14.7 Å². The number of aromatic nitrogens is 3. The van der Waals surface area contributed by atoms with Crippen molar-refractivity contribution in [1.29, 1.82) is 0 Å². The van der Waals surface area contributed by atoms with E-state index in [1.54, 1.807) is 6.07 Å². The van der Waals surface area contributed by atoms with Crippen LogP contribution < -0.4 is 5.32 Å². The van der Waals surface area contributed by atoms with Gasteiger partial charge in [0.2, 0.25) is 0 Å². The van der Waals surface area contributed by atoms with Crippen molar-refractivity contribution < 1.29 is 9.32 Å². The quantitative estimate of drug-likeness (QED) is 0.931. The van der Waals surface area contributed by atoms with Gasteiger partial charge in [-0.2, -0.15) is 0 Å². The SMILES string of the molecule is Cc1cc(Nc2cnc(C(=O)N3CCCCC3)cn2)no1. The molecule has 0 atom stereocenters. The molecule has 0 radical (unpaired) electrons. The zero-order valence-electron chi connectivity index (χ0n) is 11.9. The number of hydrogen-bond acceptors (Lipinski definition) is 6. The molecule has 3 rings (SSSR count). The number of nitrogens with one attached hydrogen (secondary N) is 1. The van der Waals surface area contributed by atoms with Gasteiger partial charge in [0.1, 0.15) is 17.3 Å². The van der Waals surface area contributed by atoms with Crippen LogP contribution >= 0.6 is 0 Å². The standard InChI is InChI=1S/C14H17N5O2/c1-10-7-12(18-21-10)17-13-9-15-11(8-16-13)14(20)19-5-3-2-4-6-19/h7-9H,2-6H2,1H3,(H,16,17,18). The van der Waals surface area contributed by atoms with Gasteiger partial charge in [0.05, 0.1) is 12.4 Å². The van der Waals surface area contributed by atoms with Gasteiger partial charge in [-0.1, -0.05) is 5.16 Å². The molecule has 0 saturated carbocycles. The van der Waals surface area contributed by atoms with Gasteiger partial charge in [-0.05, 0) is 26.2 Å². The largest absolute Gasteiger partial charge is 0.360 e. The molecule has 1 aliphatic rings. The van der Waals surface area contributed by atoms with E-state index in [4.69, 9.17) is 4.52 Å². The Hall–Kier alpha value is -2.44. The van der Waals surface area contributed by atoms with Crippen molar-refractivity contribution in [3.05, 3.63) is 29.9 Å². The summed E-state index contributed by atoms with van der Waals surface area (Å²) in [5.41, 5.74) is 0.374. The number of nitrogens with zero attached hydrogens (tertiary/aromatic N) is 4. The molecule has 1 amide bonds. The summed E-state index contributed by atoms with van der Waals surface area (Å²) in [5, 5.41) is 6.78. The molecule has 21 heavy (non-hydrogen) atoms. The van der Waals surface area contributed by atoms with Crippen LogP contribution in [0, 0.1) is 6.92 Å². The Morgan fingerprint density at radius 2 is 2.00 bits per heavy atom. The van der Waals surface area contributed by atoms with E-state index < -0.39 is 0 Å². The van der Waals surface area contributed by atoms with Gasteiger partial charge in [0.25, 0.3) is 5.91 Å². The van der Waals surface area contributed by atoms with E-state index in [1.165, 1.54) is 18.8 Å². The third-order valence-electron chi connectivity index (χ3n) is 3.40. The topological polar surface area (TPSA) is 84.2 Å². The molecule has 0 spiro atoms. The number of hydrogen-bond donors (Lipinski definition) is 1. The third kappa shape index (κ3) is 3.18. The van der Waals surface area contributed by atoms with Gasteiger partial charge in [-0.15, -0.1) is 0 Å². The predicted octanol–water partition coefficient (Wildman–Crippen LogP) is 2.14. The number of amides is 1. The molecule has 0 aliphatic carbocycles. The molecule has 0 bridgehead atoms. The number of anilines is 2. The summed E-state index contributed by atoms with van der Waals surface area (Å²) in [6, 6.07) is 1.76. The normalized spacial score (nSPS) is 15.0. The fourth-order valence-electron chi connectivity index (χ4n) is 2.32. The van der Waals surface area contributed by atoms with Crippen LogP contribution in [0.25, 0.3) is 0 Å². The van der Waals surface area contributed by atoms with Crippen molar-refractivity contribution in [3.8, 4) is 0 Å². The smallest absolute Gasteiger partial charge is 0.274 e. The van der Waals surface area contributed by atoms with Crippen LogP contribution in [-0.2, 0) is 0 Å². The summed E-state index contributed by atoms with van der Waals surface area (Å²) in [4.78, 5) is 22.5. The number of carbonyl (C=O) groups excluding carboxylic acids is 1. The summed E-state index contributed by atoms with van der Waals surface area (Å²) in [6.45, 7) is 3.42. The minimum Gasteiger partial charge on any atom is -0.360 e. The molecule has 7 heteroatoms. The zero-order valence-corrected chi connectivity index (χ0v) is 11.9. The molecule has 1 aliphatic heterocycles. The highest BCUT2D eigenvalue weighted by molar-refractivity contribution is 5.92. The van der Waals surface area contributed by atoms with Crippen molar-refractivity contribution in [1.82, 2.24) is 20.0 Å². The Labute approximate surface area is 122 Å². The van der Waals surface area contributed by atoms with E-state index in [0.29, 0.717) is 23.1 Å². The average molecular weight is 287 g/mol. The molecule has 2 aromatic rings. The Morgan fingerprint density at radius 3 is 2.62 bits per heavy atom. The lowest BCUT2D eigenvalue weighted by atomic mass is 10.1. The second kappa shape index (κ2) is 5.90. The summed E-state index contributed by atoms with van der Waals surface area (Å²) < 4.78 is 4.96. The molecular formula is C14H17N5O2. The van der Waals surface area contributed by atoms with E-state index in [1.807, 2.05) is 11.8 Å². The van der Waals surface area contributed by atoms with Gasteiger partial charge >= 0.3 is 0 Å². The molecule has 2 aromatic heterocycles. The summed E-state index contributed by atoms with van der Waals surface area (Å²) in [7, 11) is 0. The Morgan fingerprint density at radius 1 is 1.19 bits per heavy atom. The molecule has 7 nitrogen and oxygen atoms in total. The highest BCUT2D eigenvalue weighted by Crippen LogP contribution is 2.15. The maximum absolute atomic E-state index is 12.2. The minimum atomic E-state index is -0.0500. The van der Waals surface area contributed by atoms with Crippen LogP contribution in [0.4, 0.5) is 11.6 Å². The van der Waals surface area contributed by atoms with Gasteiger partial charge in [-0.3, -0.25) is 4.79 Å². The monoisotopic (exact) mass is 287 g/mol. The van der Waals surface area contributed by atoms with E-state index in [9.17, 15) is 4.79 Å². The molecule has 1 saturated heterocycles. The number of aryl methyl sites for hydroxylation is 1. The van der Waals surface area contributed by atoms with Crippen molar-refractivity contribution in [2.24, 2.45) is 0 Å². The summed E-state index contributed by atoms with van der Waals surface area (Å²) in [6.07, 6.45) is 6.33. The van der Waals surface area contributed by atoms with Crippen LogP contribution in [0.5, 0.6) is 0 Å². The molecule has 1 N–H and O–H groups in total. The maximum Gasteiger partial charge on any atom is 0.274 e. The second-order valence-electron chi connectivity index (χ2n) is 5.09. The molecule has 3 heterocycles. The highest BCUT2D eigenvalue weighted by Gasteiger charge is 2.19. The summed E-state index contributed by atoms with van der Waals surface area (Å²) in [5.74, 6) is 1.75. The first-order valence-corrected chi connectivity index (χ1v) is 7.04. The fraction of sp³-hybridized carbons (Fsp3) is 0.429. The highest BCUT2D eigenvalue weighted by atomic mass is 16.5. The third-order valence-corrected chi connectivity index (χ3v) is 3.40.